The smallest absolute Gasteiger partial charge is 0.330 e. The molecule has 1 amide bonds. The zero-order valence-electron chi connectivity index (χ0n) is 11.1. The fourth-order valence-corrected chi connectivity index (χ4v) is 1.30. The van der Waals surface area contributed by atoms with Gasteiger partial charge in [0.2, 0.25) is 5.91 Å². The first-order chi connectivity index (χ1) is 9.63. The molecule has 0 saturated carbocycles. The first-order valence-corrected chi connectivity index (χ1v) is 6.02. The Morgan fingerprint density at radius 2 is 2.10 bits per heavy atom. The second-order valence-corrected chi connectivity index (χ2v) is 3.76. The maximum Gasteiger partial charge on any atom is 0.330 e. The largest absolute Gasteiger partial charge is 0.490 e. The summed E-state index contributed by atoms with van der Waals surface area (Å²) in [6.07, 6.45) is 2.79. The van der Waals surface area contributed by atoms with E-state index in [0.717, 1.165) is 0 Å². The van der Waals surface area contributed by atoms with Crippen molar-refractivity contribution in [2.75, 3.05) is 20.3 Å². The molecular weight excluding hydrogens is 265 g/mol. The van der Waals surface area contributed by atoms with Crippen LogP contribution in [0.3, 0.4) is 0 Å². The van der Waals surface area contributed by atoms with Crippen molar-refractivity contribution in [3.63, 3.8) is 0 Å². The average Bonchev–Trinajstić information content (AvgIpc) is 2.45. The molecule has 0 heterocycles. The molecule has 0 aliphatic heterocycles. The van der Waals surface area contributed by atoms with Gasteiger partial charge in [-0.3, -0.25) is 4.79 Å². The normalized spacial score (nSPS) is 10.3. The number of carbonyl (C=O) groups is 2. The zero-order chi connectivity index (χ0) is 14.8. The predicted octanol–water partition coefficient (Wildman–Crippen LogP) is 1.44. The van der Waals surface area contributed by atoms with Crippen LogP contribution in [-0.4, -0.2) is 32.1 Å². The fourth-order valence-electron chi connectivity index (χ4n) is 1.30. The first-order valence-electron chi connectivity index (χ1n) is 6.02. The Hall–Kier alpha value is -2.37. The highest BCUT2D eigenvalue weighted by Crippen LogP contribution is 2.15. The van der Waals surface area contributed by atoms with Gasteiger partial charge in [-0.05, 0) is 12.1 Å². The van der Waals surface area contributed by atoms with Crippen molar-refractivity contribution >= 4 is 11.9 Å². The highest BCUT2D eigenvalue weighted by molar-refractivity contribution is 5.82. The Morgan fingerprint density at radius 1 is 1.35 bits per heavy atom. The third-order valence-corrected chi connectivity index (χ3v) is 2.30. The van der Waals surface area contributed by atoms with Crippen LogP contribution in [0.1, 0.15) is 6.42 Å². The van der Waals surface area contributed by atoms with Crippen LogP contribution in [0.25, 0.3) is 0 Å². The third kappa shape index (κ3) is 5.99. The van der Waals surface area contributed by atoms with Gasteiger partial charge in [-0.25, -0.2) is 9.18 Å². The number of methoxy groups -OCH3 is 1. The lowest BCUT2D eigenvalue weighted by atomic mass is 10.3. The van der Waals surface area contributed by atoms with Crippen LogP contribution in [0.5, 0.6) is 5.75 Å². The van der Waals surface area contributed by atoms with Gasteiger partial charge in [-0.2, -0.15) is 0 Å². The number of hydrogen-bond donors (Lipinski definition) is 1. The maximum atomic E-state index is 13.2. The number of benzene rings is 1. The van der Waals surface area contributed by atoms with Crippen molar-refractivity contribution in [3.05, 3.63) is 42.2 Å². The summed E-state index contributed by atoms with van der Waals surface area (Å²) in [5.41, 5.74) is 0. The SMILES string of the molecule is COC(=O)/C=C/CNC(=O)CCOc1ccccc1F. The van der Waals surface area contributed by atoms with Crippen molar-refractivity contribution in [3.8, 4) is 5.75 Å². The molecule has 1 N–H and O–H groups in total. The molecule has 0 unspecified atom stereocenters. The van der Waals surface area contributed by atoms with Gasteiger partial charge in [0.1, 0.15) is 0 Å². The second kappa shape index (κ2) is 8.68. The van der Waals surface area contributed by atoms with Crippen molar-refractivity contribution in [1.29, 1.82) is 0 Å². The molecule has 0 radical (unpaired) electrons. The first kappa shape index (κ1) is 15.7. The van der Waals surface area contributed by atoms with E-state index in [1.807, 2.05) is 0 Å². The Bertz CT molecular complexity index is 488. The van der Waals surface area contributed by atoms with Gasteiger partial charge in [-0.15, -0.1) is 0 Å². The maximum absolute atomic E-state index is 13.2. The topological polar surface area (TPSA) is 64.6 Å². The minimum atomic E-state index is -0.484. The molecule has 5 nitrogen and oxygen atoms in total. The van der Waals surface area contributed by atoms with Crippen molar-refractivity contribution in [2.24, 2.45) is 0 Å². The molecular formula is C14H16FNO4. The molecule has 1 aromatic carbocycles. The van der Waals surface area contributed by atoms with Gasteiger partial charge in [-0.1, -0.05) is 18.2 Å². The van der Waals surface area contributed by atoms with Gasteiger partial charge < -0.3 is 14.8 Å². The highest BCUT2D eigenvalue weighted by Gasteiger charge is 2.04. The number of esters is 1. The van der Waals surface area contributed by atoms with Crippen LogP contribution >= 0.6 is 0 Å². The summed E-state index contributed by atoms with van der Waals surface area (Å²) >= 11 is 0. The number of rotatable bonds is 7. The highest BCUT2D eigenvalue weighted by atomic mass is 19.1. The minimum absolute atomic E-state index is 0.0769. The minimum Gasteiger partial charge on any atom is -0.490 e. The molecule has 0 fully saturated rings. The molecule has 1 rings (SSSR count). The monoisotopic (exact) mass is 281 g/mol. The van der Waals surface area contributed by atoms with E-state index in [4.69, 9.17) is 4.74 Å². The van der Waals surface area contributed by atoms with Crippen molar-refractivity contribution in [1.82, 2.24) is 5.32 Å². The molecule has 0 aliphatic rings. The van der Waals surface area contributed by atoms with E-state index >= 15 is 0 Å². The van der Waals surface area contributed by atoms with Gasteiger partial charge in [0.25, 0.3) is 0 Å². The van der Waals surface area contributed by atoms with Crippen LogP contribution in [0.4, 0.5) is 4.39 Å². The Kier molecular flexibility index (Phi) is 6.81. The van der Waals surface area contributed by atoms with E-state index in [1.165, 1.54) is 31.4 Å². The molecule has 0 aromatic heterocycles. The number of carbonyl (C=O) groups excluding carboxylic acids is 2. The molecule has 0 saturated heterocycles. The fraction of sp³-hybridized carbons (Fsp3) is 0.286. The molecule has 108 valence electrons. The molecule has 0 bridgehead atoms. The number of para-hydroxylation sites is 1. The van der Waals surface area contributed by atoms with E-state index < -0.39 is 11.8 Å². The summed E-state index contributed by atoms with van der Waals surface area (Å²) in [5.74, 6) is -1.09. The van der Waals surface area contributed by atoms with E-state index in [-0.39, 0.29) is 31.2 Å². The number of halogens is 1. The molecule has 20 heavy (non-hydrogen) atoms. The Morgan fingerprint density at radius 3 is 2.80 bits per heavy atom. The third-order valence-electron chi connectivity index (χ3n) is 2.30. The van der Waals surface area contributed by atoms with Crippen LogP contribution in [0, 0.1) is 5.82 Å². The van der Waals surface area contributed by atoms with E-state index in [2.05, 4.69) is 10.1 Å². The number of amides is 1. The summed E-state index contributed by atoms with van der Waals surface area (Å²) in [6.45, 7) is 0.293. The zero-order valence-corrected chi connectivity index (χ0v) is 11.1. The molecule has 0 atom stereocenters. The van der Waals surface area contributed by atoms with E-state index in [9.17, 15) is 14.0 Å². The van der Waals surface area contributed by atoms with Crippen molar-refractivity contribution < 1.29 is 23.5 Å². The van der Waals surface area contributed by atoms with Crippen LogP contribution in [0.2, 0.25) is 0 Å². The molecule has 0 aliphatic carbocycles. The van der Waals surface area contributed by atoms with Gasteiger partial charge in [0, 0.05) is 12.6 Å². The number of nitrogens with one attached hydrogen (secondary N) is 1. The van der Waals surface area contributed by atoms with Crippen LogP contribution in [0.15, 0.2) is 36.4 Å². The summed E-state index contributed by atoms with van der Waals surface area (Å²) in [5, 5.41) is 2.56. The van der Waals surface area contributed by atoms with Gasteiger partial charge in [0.15, 0.2) is 11.6 Å². The van der Waals surface area contributed by atoms with E-state index in [0.29, 0.717) is 0 Å². The lowest BCUT2D eigenvalue weighted by Crippen LogP contribution is -2.25. The Balaban J connectivity index is 2.19. The van der Waals surface area contributed by atoms with E-state index in [1.54, 1.807) is 12.1 Å². The summed E-state index contributed by atoms with van der Waals surface area (Å²) in [6, 6.07) is 5.98. The van der Waals surface area contributed by atoms with Crippen LogP contribution in [-0.2, 0) is 14.3 Å². The average molecular weight is 281 g/mol. The molecule has 6 heteroatoms. The van der Waals surface area contributed by atoms with Gasteiger partial charge in [0.05, 0.1) is 20.1 Å². The lowest BCUT2D eigenvalue weighted by molar-refractivity contribution is -0.134. The second-order valence-electron chi connectivity index (χ2n) is 3.76. The van der Waals surface area contributed by atoms with Gasteiger partial charge >= 0.3 is 5.97 Å². The molecule has 0 spiro atoms. The summed E-state index contributed by atoms with van der Waals surface area (Å²) in [4.78, 5) is 22.1. The standard InChI is InChI=1S/C14H16FNO4/c1-19-14(18)7-4-9-16-13(17)8-10-20-12-6-3-2-5-11(12)15/h2-7H,8-10H2,1H3,(H,16,17)/b7-4+. The predicted molar refractivity (Wildman–Crippen MR) is 70.7 cm³/mol. The lowest BCUT2D eigenvalue weighted by Gasteiger charge is -2.06. The van der Waals surface area contributed by atoms with Crippen molar-refractivity contribution in [2.45, 2.75) is 6.42 Å². The quantitative estimate of drug-likeness (QED) is 0.606. The summed E-state index contributed by atoms with van der Waals surface area (Å²) in [7, 11) is 1.27. The summed E-state index contributed by atoms with van der Waals surface area (Å²) < 4.78 is 22.7. The number of ether oxygens (including phenoxy) is 2. The Labute approximate surface area is 116 Å². The van der Waals surface area contributed by atoms with Crippen LogP contribution < -0.4 is 10.1 Å². The number of hydrogen-bond acceptors (Lipinski definition) is 4. The molecule has 1 aromatic rings.